The maximum absolute atomic E-state index is 12.4. The molecule has 2 amide bonds. The molecule has 4 rings (SSSR count). The van der Waals surface area contributed by atoms with Crippen molar-refractivity contribution in [3.8, 4) is 0 Å². The van der Waals surface area contributed by atoms with E-state index in [-0.39, 0.29) is 18.6 Å². The molecule has 2 heterocycles. The molecule has 0 aromatic heterocycles. The lowest BCUT2D eigenvalue weighted by Gasteiger charge is -2.33. The number of benzene rings is 2. The summed E-state index contributed by atoms with van der Waals surface area (Å²) in [5.74, 6) is -1.07. The highest BCUT2D eigenvalue weighted by molar-refractivity contribution is 6.05. The zero-order chi connectivity index (χ0) is 20.5. The summed E-state index contributed by atoms with van der Waals surface area (Å²) in [6.45, 7) is 4.40. The number of esters is 1. The van der Waals surface area contributed by atoms with E-state index in [9.17, 15) is 14.4 Å². The van der Waals surface area contributed by atoms with Crippen molar-refractivity contribution in [3.05, 3.63) is 53.1 Å². The van der Waals surface area contributed by atoms with E-state index in [1.54, 1.807) is 18.2 Å². The Balaban J connectivity index is 1.39. The third kappa shape index (κ3) is 3.81. The van der Waals surface area contributed by atoms with Gasteiger partial charge in [-0.25, -0.2) is 4.79 Å². The fourth-order valence-corrected chi connectivity index (χ4v) is 3.79. The minimum atomic E-state index is -0.610. The number of carbonyl (C=O) groups excluding carboxylic acids is 3. The lowest BCUT2D eigenvalue weighted by atomic mass is 10.1. The van der Waals surface area contributed by atoms with Gasteiger partial charge in [0, 0.05) is 12.2 Å². The average molecular weight is 393 g/mol. The molecule has 0 unspecified atom stereocenters. The van der Waals surface area contributed by atoms with Gasteiger partial charge in [-0.05, 0) is 68.1 Å². The number of aryl methyl sites for hydroxylation is 2. The molecule has 0 radical (unpaired) electrons. The molecule has 150 valence electrons. The van der Waals surface area contributed by atoms with Crippen molar-refractivity contribution in [2.24, 2.45) is 0 Å². The predicted octanol–water partition coefficient (Wildman–Crippen LogP) is 3.02. The van der Waals surface area contributed by atoms with Crippen LogP contribution < -0.4 is 15.5 Å². The topological polar surface area (TPSA) is 87.7 Å². The molecule has 1 fully saturated rings. The van der Waals surface area contributed by atoms with Crippen LogP contribution in [0, 0.1) is 13.8 Å². The van der Waals surface area contributed by atoms with Crippen molar-refractivity contribution >= 4 is 34.8 Å². The van der Waals surface area contributed by atoms with E-state index < -0.39 is 11.9 Å². The van der Waals surface area contributed by atoms with Crippen LogP contribution in [0.5, 0.6) is 0 Å². The maximum Gasteiger partial charge on any atom is 0.338 e. The van der Waals surface area contributed by atoms with Gasteiger partial charge in [0.05, 0.1) is 16.9 Å². The molecule has 1 atom stereocenters. The summed E-state index contributed by atoms with van der Waals surface area (Å²) in [7, 11) is 0. The van der Waals surface area contributed by atoms with Gasteiger partial charge >= 0.3 is 5.97 Å². The molecule has 2 aliphatic heterocycles. The maximum atomic E-state index is 12.4. The molecule has 0 aliphatic carbocycles. The Bertz CT molecular complexity index is 1000. The summed E-state index contributed by atoms with van der Waals surface area (Å²) in [6.07, 6.45) is 1.81. The summed E-state index contributed by atoms with van der Waals surface area (Å²) >= 11 is 0. The monoisotopic (exact) mass is 393 g/mol. The molecule has 7 heteroatoms. The standard InChI is InChI=1S/C22H23N3O4/c1-13-5-7-16(10-14(13)2)23-20(26)12-29-22(28)15-6-8-18-17(11-15)24-21(27)19-4-3-9-25(18)19/h5-8,10-11,19H,3-4,9,12H2,1-2H3,(H,23,26)(H,24,27)/t19-/m0/s1. The van der Waals surface area contributed by atoms with Crippen molar-refractivity contribution in [3.63, 3.8) is 0 Å². The van der Waals surface area contributed by atoms with Crippen molar-refractivity contribution in [1.29, 1.82) is 0 Å². The fourth-order valence-electron chi connectivity index (χ4n) is 3.79. The second-order valence-electron chi connectivity index (χ2n) is 7.50. The molecule has 29 heavy (non-hydrogen) atoms. The van der Waals surface area contributed by atoms with Gasteiger partial charge in [0.15, 0.2) is 6.61 Å². The van der Waals surface area contributed by atoms with E-state index in [0.29, 0.717) is 16.9 Å². The molecular formula is C22H23N3O4. The lowest BCUT2D eigenvalue weighted by molar-refractivity contribution is -0.119. The van der Waals surface area contributed by atoms with Gasteiger partial charge in [0.25, 0.3) is 5.91 Å². The number of amides is 2. The molecule has 7 nitrogen and oxygen atoms in total. The molecule has 0 spiro atoms. The lowest BCUT2D eigenvalue weighted by Crippen LogP contribution is -2.43. The molecule has 2 aromatic rings. The number of anilines is 3. The van der Waals surface area contributed by atoms with Crippen LogP contribution in [0.25, 0.3) is 0 Å². The van der Waals surface area contributed by atoms with Crippen LogP contribution in [-0.4, -0.2) is 37.0 Å². The summed E-state index contributed by atoms with van der Waals surface area (Å²) in [5, 5.41) is 5.58. The van der Waals surface area contributed by atoms with E-state index >= 15 is 0 Å². The van der Waals surface area contributed by atoms with Crippen LogP contribution in [0.4, 0.5) is 17.1 Å². The average Bonchev–Trinajstić information content (AvgIpc) is 3.19. The first-order chi connectivity index (χ1) is 13.9. The van der Waals surface area contributed by atoms with Gasteiger partial charge < -0.3 is 20.3 Å². The van der Waals surface area contributed by atoms with Gasteiger partial charge in [-0.3, -0.25) is 9.59 Å². The van der Waals surface area contributed by atoms with E-state index in [4.69, 9.17) is 4.74 Å². The minimum absolute atomic E-state index is 0.0479. The molecule has 2 N–H and O–H groups in total. The molecule has 2 aliphatic rings. The quantitative estimate of drug-likeness (QED) is 0.780. The number of rotatable bonds is 4. The molecule has 1 saturated heterocycles. The van der Waals surface area contributed by atoms with E-state index in [1.807, 2.05) is 32.0 Å². The first kappa shape index (κ1) is 19.0. The molecule has 0 bridgehead atoms. The van der Waals surface area contributed by atoms with Crippen molar-refractivity contribution in [2.45, 2.75) is 32.7 Å². The third-order valence-corrected chi connectivity index (χ3v) is 5.48. The zero-order valence-electron chi connectivity index (χ0n) is 16.5. The summed E-state index contributed by atoms with van der Waals surface area (Å²) in [4.78, 5) is 38.8. The van der Waals surface area contributed by atoms with Crippen molar-refractivity contribution in [1.82, 2.24) is 0 Å². The summed E-state index contributed by atoms with van der Waals surface area (Å²) < 4.78 is 5.14. The second kappa shape index (κ2) is 7.58. The van der Waals surface area contributed by atoms with Gasteiger partial charge in [-0.1, -0.05) is 6.07 Å². The summed E-state index contributed by atoms with van der Waals surface area (Å²) in [6, 6.07) is 10.5. The normalized spacial score (nSPS) is 17.2. The van der Waals surface area contributed by atoms with Crippen molar-refractivity contribution in [2.75, 3.05) is 28.7 Å². The highest BCUT2D eigenvalue weighted by atomic mass is 16.5. The Morgan fingerprint density at radius 2 is 2.00 bits per heavy atom. The van der Waals surface area contributed by atoms with E-state index in [2.05, 4.69) is 15.5 Å². The SMILES string of the molecule is Cc1ccc(NC(=O)COC(=O)c2ccc3c(c2)NC(=O)[C@@H]2CCCN32)cc1C. The zero-order valence-corrected chi connectivity index (χ0v) is 16.5. The number of nitrogens with one attached hydrogen (secondary N) is 2. The molecule has 2 aromatic carbocycles. The van der Waals surface area contributed by atoms with Crippen LogP contribution >= 0.6 is 0 Å². The third-order valence-electron chi connectivity index (χ3n) is 5.48. The van der Waals surface area contributed by atoms with Crippen molar-refractivity contribution < 1.29 is 19.1 Å². The number of nitrogens with zero attached hydrogens (tertiary/aromatic N) is 1. The van der Waals surface area contributed by atoms with Crippen LogP contribution in [0.2, 0.25) is 0 Å². The highest BCUT2D eigenvalue weighted by Crippen LogP contribution is 2.37. The van der Waals surface area contributed by atoms with Gasteiger partial charge in [0.2, 0.25) is 5.91 Å². The van der Waals surface area contributed by atoms with Gasteiger partial charge in [0.1, 0.15) is 6.04 Å². The first-order valence-electron chi connectivity index (χ1n) is 9.68. The molecular weight excluding hydrogens is 370 g/mol. The fraction of sp³-hybridized carbons (Fsp3) is 0.318. The minimum Gasteiger partial charge on any atom is -0.452 e. The number of fused-ring (bicyclic) bond motifs is 3. The van der Waals surface area contributed by atoms with Crippen LogP contribution in [0.1, 0.15) is 34.3 Å². The van der Waals surface area contributed by atoms with Gasteiger partial charge in [-0.15, -0.1) is 0 Å². The Morgan fingerprint density at radius 1 is 1.17 bits per heavy atom. The van der Waals surface area contributed by atoms with E-state index in [1.165, 1.54) is 0 Å². The number of ether oxygens (including phenoxy) is 1. The van der Waals surface area contributed by atoms with Crippen LogP contribution in [0.15, 0.2) is 36.4 Å². The number of hydrogen-bond donors (Lipinski definition) is 2. The largest absolute Gasteiger partial charge is 0.452 e. The highest BCUT2D eigenvalue weighted by Gasteiger charge is 2.36. The Hall–Kier alpha value is -3.35. The number of hydrogen-bond acceptors (Lipinski definition) is 5. The van der Waals surface area contributed by atoms with E-state index in [0.717, 1.165) is 36.2 Å². The number of carbonyl (C=O) groups is 3. The van der Waals surface area contributed by atoms with Crippen LogP contribution in [-0.2, 0) is 14.3 Å². The predicted molar refractivity (Wildman–Crippen MR) is 110 cm³/mol. The first-order valence-corrected chi connectivity index (χ1v) is 9.68. The summed E-state index contributed by atoms with van der Waals surface area (Å²) in [5.41, 5.74) is 4.66. The Morgan fingerprint density at radius 3 is 2.79 bits per heavy atom. The second-order valence-corrected chi connectivity index (χ2v) is 7.50. The Labute approximate surface area is 169 Å². The smallest absolute Gasteiger partial charge is 0.338 e. The van der Waals surface area contributed by atoms with Gasteiger partial charge in [-0.2, -0.15) is 0 Å². The molecule has 0 saturated carbocycles. The Kier molecular flexibility index (Phi) is 4.96. The van der Waals surface area contributed by atoms with Crippen LogP contribution in [0.3, 0.4) is 0 Å².